The van der Waals surface area contributed by atoms with Crippen LogP contribution in [0.1, 0.15) is 24.8 Å². The SMILES string of the molecule is COc1ccc([C@@H]2CC2C)cc1. The van der Waals surface area contributed by atoms with E-state index in [1.165, 1.54) is 12.0 Å². The molecule has 0 amide bonds. The molecule has 1 nitrogen and oxygen atoms in total. The van der Waals surface area contributed by atoms with Crippen LogP contribution in [0.4, 0.5) is 0 Å². The van der Waals surface area contributed by atoms with Crippen LogP contribution in [0, 0.1) is 5.92 Å². The van der Waals surface area contributed by atoms with Crippen molar-refractivity contribution in [3.8, 4) is 5.75 Å². The predicted molar refractivity (Wildman–Crippen MR) is 49.5 cm³/mol. The Hall–Kier alpha value is -0.980. The van der Waals surface area contributed by atoms with Crippen molar-refractivity contribution in [2.45, 2.75) is 19.3 Å². The fraction of sp³-hybridized carbons (Fsp3) is 0.455. The number of ether oxygens (including phenoxy) is 1. The van der Waals surface area contributed by atoms with Crippen LogP contribution in [0.25, 0.3) is 0 Å². The van der Waals surface area contributed by atoms with Gasteiger partial charge in [0.15, 0.2) is 0 Å². The molecule has 1 saturated carbocycles. The topological polar surface area (TPSA) is 9.23 Å². The third-order valence-corrected chi connectivity index (χ3v) is 2.65. The standard InChI is InChI=1S/C11H14O/c1-8-7-11(8)9-3-5-10(12-2)6-4-9/h3-6,8,11H,7H2,1-2H3/t8?,11-/m1/s1. The zero-order chi connectivity index (χ0) is 8.55. The van der Waals surface area contributed by atoms with Crippen LogP contribution in [-0.2, 0) is 0 Å². The summed E-state index contributed by atoms with van der Waals surface area (Å²) < 4.78 is 5.10. The molecule has 1 aromatic rings. The molecule has 0 spiro atoms. The number of hydrogen-bond donors (Lipinski definition) is 0. The summed E-state index contributed by atoms with van der Waals surface area (Å²) in [6.07, 6.45) is 1.35. The van der Waals surface area contributed by atoms with E-state index in [0.29, 0.717) is 0 Å². The number of benzene rings is 1. The van der Waals surface area contributed by atoms with Gasteiger partial charge in [-0.2, -0.15) is 0 Å². The van der Waals surface area contributed by atoms with Crippen LogP contribution >= 0.6 is 0 Å². The second kappa shape index (κ2) is 2.81. The molecule has 0 N–H and O–H groups in total. The van der Waals surface area contributed by atoms with Crippen LogP contribution in [0.3, 0.4) is 0 Å². The average Bonchev–Trinajstić information content (AvgIpc) is 2.83. The summed E-state index contributed by atoms with van der Waals surface area (Å²) in [5.74, 6) is 2.65. The highest BCUT2D eigenvalue weighted by Crippen LogP contribution is 2.46. The molecule has 1 aliphatic rings. The lowest BCUT2D eigenvalue weighted by atomic mass is 10.1. The van der Waals surface area contributed by atoms with Gasteiger partial charge in [0, 0.05) is 0 Å². The van der Waals surface area contributed by atoms with Crippen LogP contribution in [-0.4, -0.2) is 7.11 Å². The Morgan fingerprint density at radius 2 is 1.83 bits per heavy atom. The average molecular weight is 162 g/mol. The quantitative estimate of drug-likeness (QED) is 0.649. The van der Waals surface area contributed by atoms with Crippen molar-refractivity contribution in [1.82, 2.24) is 0 Å². The highest BCUT2D eigenvalue weighted by Gasteiger charge is 2.33. The third kappa shape index (κ3) is 1.31. The fourth-order valence-electron chi connectivity index (χ4n) is 1.64. The molecule has 1 unspecified atom stereocenters. The van der Waals surface area contributed by atoms with Crippen LogP contribution in [0.2, 0.25) is 0 Å². The molecular formula is C11H14O. The molecule has 1 aromatic carbocycles. The van der Waals surface area contributed by atoms with Crippen molar-refractivity contribution < 1.29 is 4.74 Å². The van der Waals surface area contributed by atoms with Gasteiger partial charge in [0.05, 0.1) is 7.11 Å². The van der Waals surface area contributed by atoms with Crippen molar-refractivity contribution in [2.75, 3.05) is 7.11 Å². The molecule has 2 atom stereocenters. The highest BCUT2D eigenvalue weighted by atomic mass is 16.5. The van der Waals surface area contributed by atoms with E-state index < -0.39 is 0 Å². The first-order valence-electron chi connectivity index (χ1n) is 4.45. The van der Waals surface area contributed by atoms with E-state index in [1.807, 2.05) is 12.1 Å². The van der Waals surface area contributed by atoms with Crippen molar-refractivity contribution in [3.05, 3.63) is 29.8 Å². The van der Waals surface area contributed by atoms with Crippen molar-refractivity contribution in [1.29, 1.82) is 0 Å². The zero-order valence-electron chi connectivity index (χ0n) is 7.58. The van der Waals surface area contributed by atoms with Gasteiger partial charge in [-0.3, -0.25) is 0 Å². The second-order valence-corrected chi connectivity index (χ2v) is 3.59. The lowest BCUT2D eigenvalue weighted by Crippen LogP contribution is -1.84. The summed E-state index contributed by atoms with van der Waals surface area (Å²) in [6, 6.07) is 8.43. The van der Waals surface area contributed by atoms with Crippen molar-refractivity contribution in [3.63, 3.8) is 0 Å². The van der Waals surface area contributed by atoms with Gasteiger partial charge in [-0.05, 0) is 36.0 Å². The van der Waals surface area contributed by atoms with Gasteiger partial charge in [0.25, 0.3) is 0 Å². The summed E-state index contributed by atoms with van der Waals surface area (Å²) in [4.78, 5) is 0. The summed E-state index contributed by atoms with van der Waals surface area (Å²) in [6.45, 7) is 2.30. The van der Waals surface area contributed by atoms with E-state index in [9.17, 15) is 0 Å². The molecule has 0 bridgehead atoms. The summed E-state index contributed by atoms with van der Waals surface area (Å²) in [7, 11) is 1.70. The Morgan fingerprint density at radius 3 is 2.25 bits per heavy atom. The van der Waals surface area contributed by atoms with Gasteiger partial charge in [0.1, 0.15) is 5.75 Å². The number of hydrogen-bond acceptors (Lipinski definition) is 1. The maximum Gasteiger partial charge on any atom is 0.118 e. The summed E-state index contributed by atoms with van der Waals surface area (Å²) in [5.41, 5.74) is 1.46. The predicted octanol–water partition coefficient (Wildman–Crippen LogP) is 2.82. The minimum absolute atomic E-state index is 0.816. The van der Waals surface area contributed by atoms with Crippen LogP contribution in [0.5, 0.6) is 5.75 Å². The van der Waals surface area contributed by atoms with Crippen molar-refractivity contribution >= 4 is 0 Å². The number of rotatable bonds is 2. The van der Waals surface area contributed by atoms with E-state index in [0.717, 1.165) is 17.6 Å². The van der Waals surface area contributed by atoms with Gasteiger partial charge in [-0.25, -0.2) is 0 Å². The Labute approximate surface area is 73.4 Å². The van der Waals surface area contributed by atoms with Gasteiger partial charge in [-0.15, -0.1) is 0 Å². The second-order valence-electron chi connectivity index (χ2n) is 3.59. The van der Waals surface area contributed by atoms with E-state index in [2.05, 4.69) is 19.1 Å². The molecule has 0 saturated heterocycles. The molecule has 0 aromatic heterocycles. The highest BCUT2D eigenvalue weighted by molar-refractivity contribution is 5.32. The van der Waals surface area contributed by atoms with Crippen LogP contribution < -0.4 is 4.74 Å². The minimum Gasteiger partial charge on any atom is -0.497 e. The largest absolute Gasteiger partial charge is 0.497 e. The molecule has 64 valence electrons. The molecule has 12 heavy (non-hydrogen) atoms. The van der Waals surface area contributed by atoms with E-state index in [-0.39, 0.29) is 0 Å². The summed E-state index contributed by atoms with van der Waals surface area (Å²) in [5, 5.41) is 0. The molecule has 2 rings (SSSR count). The maximum atomic E-state index is 5.10. The Kier molecular flexibility index (Phi) is 1.80. The normalized spacial score (nSPS) is 26.8. The molecule has 1 fully saturated rings. The monoisotopic (exact) mass is 162 g/mol. The zero-order valence-corrected chi connectivity index (χ0v) is 7.58. The van der Waals surface area contributed by atoms with Crippen molar-refractivity contribution in [2.24, 2.45) is 5.92 Å². The van der Waals surface area contributed by atoms with Crippen LogP contribution in [0.15, 0.2) is 24.3 Å². The molecule has 1 aliphatic carbocycles. The smallest absolute Gasteiger partial charge is 0.118 e. The van der Waals surface area contributed by atoms with E-state index in [4.69, 9.17) is 4.74 Å². The minimum atomic E-state index is 0.816. The molecule has 1 heteroatoms. The molecular weight excluding hydrogens is 148 g/mol. The third-order valence-electron chi connectivity index (χ3n) is 2.65. The Bertz CT molecular complexity index is 263. The van der Waals surface area contributed by atoms with E-state index in [1.54, 1.807) is 7.11 Å². The van der Waals surface area contributed by atoms with Gasteiger partial charge in [0.2, 0.25) is 0 Å². The fourth-order valence-corrected chi connectivity index (χ4v) is 1.64. The van der Waals surface area contributed by atoms with Gasteiger partial charge < -0.3 is 4.74 Å². The first kappa shape index (κ1) is 7.66. The van der Waals surface area contributed by atoms with E-state index >= 15 is 0 Å². The van der Waals surface area contributed by atoms with Gasteiger partial charge >= 0.3 is 0 Å². The Balaban J connectivity index is 2.14. The summed E-state index contributed by atoms with van der Waals surface area (Å²) >= 11 is 0. The molecule has 0 heterocycles. The lowest BCUT2D eigenvalue weighted by Gasteiger charge is -2.01. The number of methoxy groups -OCH3 is 1. The first-order valence-corrected chi connectivity index (χ1v) is 4.45. The Morgan fingerprint density at radius 1 is 1.25 bits per heavy atom. The lowest BCUT2D eigenvalue weighted by molar-refractivity contribution is 0.414. The maximum absolute atomic E-state index is 5.10. The van der Waals surface area contributed by atoms with Gasteiger partial charge in [-0.1, -0.05) is 19.1 Å². The molecule has 0 radical (unpaired) electrons. The first-order chi connectivity index (χ1) is 5.81. The molecule has 0 aliphatic heterocycles.